The van der Waals surface area contributed by atoms with Crippen LogP contribution in [0.2, 0.25) is 0 Å². The van der Waals surface area contributed by atoms with Crippen molar-refractivity contribution in [1.29, 1.82) is 0 Å². The Hall–Kier alpha value is -3.07. The van der Waals surface area contributed by atoms with E-state index in [1.807, 2.05) is 0 Å². The number of methoxy groups -OCH3 is 1. The second-order valence-electron chi connectivity index (χ2n) is 10.7. The van der Waals surface area contributed by atoms with Gasteiger partial charge in [0.15, 0.2) is 17.5 Å². The van der Waals surface area contributed by atoms with E-state index < -0.39 is 60.1 Å². The van der Waals surface area contributed by atoms with Gasteiger partial charge in [0.1, 0.15) is 35.6 Å². The van der Waals surface area contributed by atoms with Gasteiger partial charge in [0.25, 0.3) is 0 Å². The van der Waals surface area contributed by atoms with Crippen LogP contribution >= 0.6 is 0 Å². The Morgan fingerprint density at radius 2 is 1.93 bits per heavy atom. The van der Waals surface area contributed by atoms with E-state index in [1.165, 1.54) is 24.9 Å². The van der Waals surface area contributed by atoms with Gasteiger partial charge in [-0.1, -0.05) is 10.4 Å². The average molecular weight is 568 g/mol. The predicted octanol–water partition coefficient (Wildman–Crippen LogP) is 2.02. The van der Waals surface area contributed by atoms with Crippen molar-refractivity contribution in [3.05, 3.63) is 35.8 Å². The summed E-state index contributed by atoms with van der Waals surface area (Å²) in [5, 5.41) is 36.3. The summed E-state index contributed by atoms with van der Waals surface area (Å²) in [7, 11) is 1.44. The first-order valence-electron chi connectivity index (χ1n) is 13.2. The summed E-state index contributed by atoms with van der Waals surface area (Å²) in [5.41, 5.74) is 0.309. The van der Waals surface area contributed by atoms with E-state index in [-0.39, 0.29) is 23.2 Å². The molecule has 1 aliphatic carbocycles. The van der Waals surface area contributed by atoms with Gasteiger partial charge >= 0.3 is 0 Å². The van der Waals surface area contributed by atoms with E-state index in [0.717, 1.165) is 43.5 Å². The maximum Gasteiger partial charge on any atom is 0.217 e. The zero-order valence-corrected chi connectivity index (χ0v) is 22.1. The van der Waals surface area contributed by atoms with Crippen LogP contribution in [-0.4, -0.2) is 86.6 Å². The molecule has 2 aliphatic heterocycles. The lowest BCUT2D eigenvalue weighted by Crippen LogP contribution is -2.57. The van der Waals surface area contributed by atoms with Crippen LogP contribution in [0.4, 0.5) is 13.2 Å². The number of oxime groups is 1. The number of carbonyl (C=O) groups excluding carboxylic acids is 1. The van der Waals surface area contributed by atoms with Gasteiger partial charge in [-0.3, -0.25) is 4.79 Å². The molecular weight excluding hydrogens is 535 g/mol. The van der Waals surface area contributed by atoms with Gasteiger partial charge in [0.2, 0.25) is 5.91 Å². The van der Waals surface area contributed by atoms with E-state index >= 15 is 0 Å². The first kappa shape index (κ1) is 28.5. The lowest BCUT2D eigenvalue weighted by Gasteiger charge is -2.43. The Labute approximate surface area is 228 Å². The van der Waals surface area contributed by atoms with Gasteiger partial charge in [-0.05, 0) is 37.8 Å². The third kappa shape index (κ3) is 5.57. The van der Waals surface area contributed by atoms with Crippen LogP contribution in [0.3, 0.4) is 0 Å². The number of nitrogens with one attached hydrogen (secondary N) is 1. The third-order valence-electron chi connectivity index (χ3n) is 7.97. The van der Waals surface area contributed by atoms with Crippen LogP contribution in [0.15, 0.2) is 23.5 Å². The zero-order chi connectivity index (χ0) is 28.6. The molecule has 3 heterocycles. The van der Waals surface area contributed by atoms with Crippen LogP contribution in [0.5, 0.6) is 0 Å². The van der Waals surface area contributed by atoms with E-state index in [1.54, 1.807) is 0 Å². The molecule has 5 atom stereocenters. The number of amides is 1. The lowest BCUT2D eigenvalue weighted by molar-refractivity contribution is -0.210. The maximum atomic E-state index is 13.8. The highest BCUT2D eigenvalue weighted by Gasteiger charge is 2.49. The highest BCUT2D eigenvalue weighted by Crippen LogP contribution is 2.41. The van der Waals surface area contributed by atoms with Crippen LogP contribution in [0.25, 0.3) is 11.3 Å². The monoisotopic (exact) mass is 567 g/mol. The van der Waals surface area contributed by atoms with Crippen molar-refractivity contribution in [2.75, 3.05) is 13.7 Å². The fourth-order valence-corrected chi connectivity index (χ4v) is 5.97. The molecule has 1 spiro atoms. The minimum Gasteiger partial charge on any atom is -0.394 e. The number of halogens is 3. The van der Waals surface area contributed by atoms with Crippen LogP contribution in [0, 0.1) is 17.5 Å². The summed E-state index contributed by atoms with van der Waals surface area (Å²) in [4.78, 5) is 17.3. The number of hydrogen-bond donors (Lipinski definition) is 3. The molecule has 14 heteroatoms. The quantitative estimate of drug-likeness (QED) is 0.432. The molecule has 1 aromatic heterocycles. The molecule has 0 bridgehead atoms. The van der Waals surface area contributed by atoms with Gasteiger partial charge < -0.3 is 29.8 Å². The van der Waals surface area contributed by atoms with Crippen LogP contribution < -0.4 is 5.32 Å². The normalized spacial score (nSPS) is 32.1. The van der Waals surface area contributed by atoms with Crippen molar-refractivity contribution in [1.82, 2.24) is 20.3 Å². The Bertz CT molecular complexity index is 1240. The van der Waals surface area contributed by atoms with E-state index in [0.29, 0.717) is 12.8 Å². The predicted molar refractivity (Wildman–Crippen MR) is 133 cm³/mol. The molecule has 5 rings (SSSR count). The summed E-state index contributed by atoms with van der Waals surface area (Å²) < 4.78 is 54.1. The topological polar surface area (TPSA) is 140 Å². The van der Waals surface area contributed by atoms with Crippen molar-refractivity contribution < 1.29 is 42.5 Å². The molecule has 1 amide bonds. The van der Waals surface area contributed by atoms with Crippen LogP contribution in [-0.2, 0) is 19.1 Å². The average Bonchev–Trinajstić information content (AvgIpc) is 3.56. The number of ether oxygens (including phenoxy) is 2. The summed E-state index contributed by atoms with van der Waals surface area (Å²) in [6, 6.07) is 0.830. The van der Waals surface area contributed by atoms with Crippen molar-refractivity contribution in [2.24, 2.45) is 5.16 Å². The molecular formula is C26H32F3N5O6. The molecule has 218 valence electrons. The molecule has 1 saturated heterocycles. The molecule has 11 nitrogen and oxygen atoms in total. The van der Waals surface area contributed by atoms with E-state index in [9.17, 15) is 28.2 Å². The van der Waals surface area contributed by atoms with Crippen molar-refractivity contribution >= 4 is 11.6 Å². The van der Waals surface area contributed by atoms with Gasteiger partial charge in [-0.25, -0.2) is 17.9 Å². The molecule has 0 radical (unpaired) electrons. The van der Waals surface area contributed by atoms with E-state index in [4.69, 9.17) is 14.3 Å². The smallest absolute Gasteiger partial charge is 0.217 e. The van der Waals surface area contributed by atoms with Crippen molar-refractivity contribution in [3.8, 4) is 11.3 Å². The first-order valence-corrected chi connectivity index (χ1v) is 13.2. The Morgan fingerprint density at radius 1 is 1.23 bits per heavy atom. The number of aliphatic hydroxyl groups is 2. The van der Waals surface area contributed by atoms with Crippen molar-refractivity contribution in [2.45, 2.75) is 87.5 Å². The first-order chi connectivity index (χ1) is 19.1. The maximum absolute atomic E-state index is 13.8. The Balaban J connectivity index is 1.32. The number of aromatic nitrogens is 3. The number of hydrogen-bond acceptors (Lipinski definition) is 9. The Morgan fingerprint density at radius 3 is 2.55 bits per heavy atom. The minimum atomic E-state index is -1.59. The number of nitrogens with zero attached hydrogens (tertiary/aromatic N) is 4. The molecule has 0 unspecified atom stereocenters. The summed E-state index contributed by atoms with van der Waals surface area (Å²) in [6.07, 6.45) is 1.57. The number of rotatable bonds is 7. The van der Waals surface area contributed by atoms with Gasteiger partial charge in [-0.15, -0.1) is 5.10 Å². The molecule has 3 aliphatic rings. The number of aliphatic hydroxyl groups excluding tert-OH is 2. The minimum absolute atomic E-state index is 0.0376. The second-order valence-corrected chi connectivity index (χ2v) is 10.7. The standard InChI is InChI=1S/C26H32F3N5O6/c1-13(36)30-15-3-5-26(6-4-15)10-16(32-40-26)9-20-25(38-2)23(24(37)21(12-35)39-20)34-11-19(31-33-34)14-7-17(27)22(29)18(28)8-14/h7-8,11,15,20-21,23-25,35,37H,3-6,9-10,12H2,1-2H3,(H,30,36)/t15?,20-,21-,23+,24+,25+,26?/m1/s1. The summed E-state index contributed by atoms with van der Waals surface area (Å²) >= 11 is 0. The second kappa shape index (κ2) is 11.4. The lowest BCUT2D eigenvalue weighted by atomic mass is 9.78. The fourth-order valence-electron chi connectivity index (χ4n) is 5.97. The highest BCUT2D eigenvalue weighted by molar-refractivity contribution is 5.86. The zero-order valence-electron chi connectivity index (χ0n) is 22.1. The summed E-state index contributed by atoms with van der Waals surface area (Å²) in [6.45, 7) is 1.01. The third-order valence-corrected chi connectivity index (χ3v) is 7.97. The molecule has 2 fully saturated rings. The van der Waals surface area contributed by atoms with E-state index in [2.05, 4.69) is 20.8 Å². The highest BCUT2D eigenvalue weighted by atomic mass is 19.2. The largest absolute Gasteiger partial charge is 0.394 e. The van der Waals surface area contributed by atoms with Crippen LogP contribution in [0.1, 0.15) is 51.5 Å². The van der Waals surface area contributed by atoms with Crippen molar-refractivity contribution in [3.63, 3.8) is 0 Å². The molecule has 3 N–H and O–H groups in total. The number of benzene rings is 1. The molecule has 40 heavy (non-hydrogen) atoms. The fraction of sp³-hybridized carbons (Fsp3) is 0.615. The molecule has 1 saturated carbocycles. The Kier molecular flexibility index (Phi) is 8.13. The number of carbonyl (C=O) groups is 1. The molecule has 2 aromatic rings. The SMILES string of the molecule is CO[C@@H]1[C@@H](n2cc(-c3cc(F)c(F)c(F)c3)nn2)[C@@H](O)[C@@H](CO)O[C@@H]1CC1=NOC2(CCC(NC(C)=O)CC2)C1. The molecule has 1 aromatic carbocycles. The van der Waals surface area contributed by atoms with Gasteiger partial charge in [0.05, 0.1) is 24.6 Å². The van der Waals surface area contributed by atoms with Gasteiger partial charge in [0, 0.05) is 38.5 Å². The van der Waals surface area contributed by atoms with Gasteiger partial charge in [-0.2, -0.15) is 0 Å². The summed E-state index contributed by atoms with van der Waals surface area (Å²) in [5.74, 6) is -4.39.